The number of thiazole rings is 1. The minimum absolute atomic E-state index is 0.0182. The smallest absolute Gasteiger partial charge is 0.240 e. The average Bonchev–Trinajstić information content (AvgIpc) is 2.64. The number of rotatable bonds is 4. The maximum atomic E-state index is 11.9. The Bertz CT molecular complexity index is 373. The van der Waals surface area contributed by atoms with Gasteiger partial charge in [-0.05, 0) is 34.7 Å². The van der Waals surface area contributed by atoms with E-state index in [1.165, 1.54) is 0 Å². The number of carbonyl (C=O) groups excluding carboxylic acids is 1. The topological polar surface area (TPSA) is 54.0 Å². The highest BCUT2D eigenvalue weighted by atomic mass is 32.1. The fourth-order valence-corrected chi connectivity index (χ4v) is 1.93. The van der Waals surface area contributed by atoms with Gasteiger partial charge in [0.05, 0.1) is 11.6 Å². The minimum Gasteiger partial charge on any atom is -0.346 e. The number of nitrogens with zero attached hydrogens (tertiary/aromatic N) is 1. The molecule has 0 bridgehead atoms. The molecule has 0 saturated heterocycles. The van der Waals surface area contributed by atoms with E-state index >= 15 is 0 Å². The second kappa shape index (κ2) is 4.93. The van der Waals surface area contributed by atoms with E-state index < -0.39 is 5.54 Å². The Hall–Kier alpha value is -0.940. The van der Waals surface area contributed by atoms with Crippen molar-refractivity contribution in [3.63, 3.8) is 0 Å². The summed E-state index contributed by atoms with van der Waals surface area (Å²) in [5.74, 6) is -0.0182. The molecule has 0 aliphatic rings. The van der Waals surface area contributed by atoms with Crippen LogP contribution in [0.5, 0.6) is 0 Å². The molecule has 1 rings (SSSR count). The third-order valence-corrected chi connectivity index (χ3v) is 3.69. The molecule has 1 atom stereocenters. The molecule has 1 heterocycles. The van der Waals surface area contributed by atoms with Crippen LogP contribution in [-0.4, -0.2) is 23.5 Å². The summed E-state index contributed by atoms with van der Waals surface area (Å²) in [6, 6.07) is -0.0428. The number of carbonyl (C=O) groups is 1. The van der Waals surface area contributed by atoms with Crippen LogP contribution < -0.4 is 10.6 Å². The Labute approximate surface area is 100 Å². The Kier molecular flexibility index (Phi) is 4.04. The molecule has 16 heavy (non-hydrogen) atoms. The van der Waals surface area contributed by atoms with Gasteiger partial charge in [0.15, 0.2) is 0 Å². The molecule has 0 aromatic carbocycles. The molecule has 0 spiro atoms. The Morgan fingerprint density at radius 1 is 1.56 bits per heavy atom. The van der Waals surface area contributed by atoms with Gasteiger partial charge in [-0.2, -0.15) is 0 Å². The Morgan fingerprint density at radius 2 is 2.19 bits per heavy atom. The van der Waals surface area contributed by atoms with Crippen molar-refractivity contribution in [1.29, 1.82) is 0 Å². The van der Waals surface area contributed by atoms with Gasteiger partial charge in [0, 0.05) is 11.1 Å². The van der Waals surface area contributed by atoms with E-state index in [1.807, 2.05) is 33.1 Å². The van der Waals surface area contributed by atoms with Crippen molar-refractivity contribution < 1.29 is 4.79 Å². The van der Waals surface area contributed by atoms with Crippen LogP contribution in [0.25, 0.3) is 0 Å². The van der Waals surface area contributed by atoms with Crippen molar-refractivity contribution in [3.05, 3.63) is 16.1 Å². The van der Waals surface area contributed by atoms with E-state index in [1.54, 1.807) is 18.4 Å². The van der Waals surface area contributed by atoms with Crippen LogP contribution in [-0.2, 0) is 4.79 Å². The average molecular weight is 241 g/mol. The Morgan fingerprint density at radius 3 is 2.62 bits per heavy atom. The normalized spacial score (nSPS) is 13.6. The van der Waals surface area contributed by atoms with Crippen molar-refractivity contribution in [2.45, 2.75) is 39.3 Å². The van der Waals surface area contributed by atoms with Gasteiger partial charge < -0.3 is 10.6 Å². The fraction of sp³-hybridized carbons (Fsp3) is 0.636. The molecule has 0 radical (unpaired) electrons. The van der Waals surface area contributed by atoms with Gasteiger partial charge in [-0.3, -0.25) is 4.79 Å². The summed E-state index contributed by atoms with van der Waals surface area (Å²) in [5.41, 5.74) is 0.439. The molecule has 1 aromatic rings. The van der Waals surface area contributed by atoms with E-state index in [2.05, 4.69) is 15.6 Å². The van der Waals surface area contributed by atoms with Crippen molar-refractivity contribution in [2.24, 2.45) is 0 Å². The molecule has 0 aliphatic heterocycles. The highest BCUT2D eigenvalue weighted by Gasteiger charge is 2.27. The lowest BCUT2D eigenvalue weighted by Crippen LogP contribution is -2.51. The van der Waals surface area contributed by atoms with Gasteiger partial charge in [-0.1, -0.05) is 0 Å². The van der Waals surface area contributed by atoms with Crippen molar-refractivity contribution in [3.8, 4) is 0 Å². The van der Waals surface area contributed by atoms with Crippen molar-refractivity contribution >= 4 is 17.2 Å². The molecule has 1 aromatic heterocycles. The van der Waals surface area contributed by atoms with Crippen LogP contribution in [0.3, 0.4) is 0 Å². The second-order valence-electron chi connectivity index (χ2n) is 4.40. The number of aromatic nitrogens is 1. The highest BCUT2D eigenvalue weighted by molar-refractivity contribution is 7.09. The first-order chi connectivity index (χ1) is 7.36. The zero-order valence-corrected chi connectivity index (χ0v) is 11.2. The van der Waals surface area contributed by atoms with Gasteiger partial charge in [-0.15, -0.1) is 11.3 Å². The lowest BCUT2D eigenvalue weighted by molar-refractivity contribution is -0.126. The van der Waals surface area contributed by atoms with Gasteiger partial charge in [0.25, 0.3) is 0 Å². The van der Waals surface area contributed by atoms with Crippen LogP contribution in [0, 0.1) is 6.92 Å². The standard InChI is InChI=1S/C11H19N3OS/c1-7-6-16-9(13-7)8(2)14-10(15)11(3,4)12-5/h6,8,12H,1-5H3,(H,14,15). The molecule has 0 fully saturated rings. The number of hydrogen-bond donors (Lipinski definition) is 2. The highest BCUT2D eigenvalue weighted by Crippen LogP contribution is 2.18. The predicted octanol–water partition coefficient (Wildman–Crippen LogP) is 1.63. The molecule has 1 amide bonds. The van der Waals surface area contributed by atoms with E-state index in [-0.39, 0.29) is 11.9 Å². The largest absolute Gasteiger partial charge is 0.346 e. The number of aryl methyl sites for hydroxylation is 1. The molecule has 0 aliphatic carbocycles. The van der Waals surface area contributed by atoms with E-state index in [0.717, 1.165) is 10.7 Å². The molecule has 90 valence electrons. The summed E-state index contributed by atoms with van der Waals surface area (Å²) in [6.45, 7) is 7.60. The lowest BCUT2D eigenvalue weighted by atomic mass is 10.0. The van der Waals surface area contributed by atoms with Crippen LogP contribution >= 0.6 is 11.3 Å². The van der Waals surface area contributed by atoms with Gasteiger partial charge in [-0.25, -0.2) is 4.98 Å². The van der Waals surface area contributed by atoms with Crippen LogP contribution in [0.4, 0.5) is 0 Å². The van der Waals surface area contributed by atoms with Gasteiger partial charge in [0.1, 0.15) is 5.01 Å². The van der Waals surface area contributed by atoms with Gasteiger partial charge in [0.2, 0.25) is 5.91 Å². The molecule has 5 heteroatoms. The molecule has 2 N–H and O–H groups in total. The van der Waals surface area contributed by atoms with E-state index in [4.69, 9.17) is 0 Å². The van der Waals surface area contributed by atoms with Gasteiger partial charge >= 0.3 is 0 Å². The second-order valence-corrected chi connectivity index (χ2v) is 5.29. The summed E-state index contributed by atoms with van der Waals surface area (Å²) < 4.78 is 0. The third-order valence-electron chi connectivity index (χ3n) is 2.55. The minimum atomic E-state index is -0.555. The van der Waals surface area contributed by atoms with Crippen molar-refractivity contribution in [1.82, 2.24) is 15.6 Å². The summed E-state index contributed by atoms with van der Waals surface area (Å²) >= 11 is 1.57. The molecule has 1 unspecified atom stereocenters. The van der Waals surface area contributed by atoms with E-state index in [0.29, 0.717) is 0 Å². The van der Waals surface area contributed by atoms with Crippen LogP contribution in [0.15, 0.2) is 5.38 Å². The zero-order chi connectivity index (χ0) is 12.3. The summed E-state index contributed by atoms with van der Waals surface area (Å²) in [7, 11) is 1.78. The zero-order valence-electron chi connectivity index (χ0n) is 10.4. The first-order valence-electron chi connectivity index (χ1n) is 5.28. The van der Waals surface area contributed by atoms with Crippen LogP contribution in [0.2, 0.25) is 0 Å². The quantitative estimate of drug-likeness (QED) is 0.842. The van der Waals surface area contributed by atoms with Crippen LogP contribution in [0.1, 0.15) is 37.5 Å². The predicted molar refractivity (Wildman–Crippen MR) is 66.5 cm³/mol. The maximum Gasteiger partial charge on any atom is 0.240 e. The number of likely N-dealkylation sites (N-methyl/N-ethyl adjacent to an activating group) is 1. The fourth-order valence-electron chi connectivity index (χ4n) is 1.12. The SMILES string of the molecule is CNC(C)(C)C(=O)NC(C)c1nc(C)cs1. The lowest BCUT2D eigenvalue weighted by Gasteiger charge is -2.24. The molecule has 4 nitrogen and oxygen atoms in total. The molecular weight excluding hydrogens is 222 g/mol. The number of amides is 1. The molecule has 0 saturated carbocycles. The first kappa shape index (κ1) is 13.1. The number of hydrogen-bond acceptors (Lipinski definition) is 4. The number of nitrogens with one attached hydrogen (secondary N) is 2. The monoisotopic (exact) mass is 241 g/mol. The summed E-state index contributed by atoms with van der Waals surface area (Å²) in [5, 5.41) is 8.85. The first-order valence-corrected chi connectivity index (χ1v) is 6.16. The summed E-state index contributed by atoms with van der Waals surface area (Å²) in [6.07, 6.45) is 0. The summed E-state index contributed by atoms with van der Waals surface area (Å²) in [4.78, 5) is 16.2. The Balaban J connectivity index is 2.65. The maximum absolute atomic E-state index is 11.9. The van der Waals surface area contributed by atoms with Crippen molar-refractivity contribution in [2.75, 3.05) is 7.05 Å². The third kappa shape index (κ3) is 3.02. The van der Waals surface area contributed by atoms with E-state index in [9.17, 15) is 4.79 Å². The molecular formula is C11H19N3OS.